The van der Waals surface area contributed by atoms with Gasteiger partial charge in [-0.2, -0.15) is 0 Å². The lowest BCUT2D eigenvalue weighted by molar-refractivity contribution is -0.119. The van der Waals surface area contributed by atoms with Gasteiger partial charge in [-0.05, 0) is 37.7 Å². The molecule has 6 heteroatoms. The van der Waals surface area contributed by atoms with Crippen LogP contribution in [0.15, 0.2) is 0 Å². The molecule has 1 aliphatic carbocycles. The summed E-state index contributed by atoms with van der Waals surface area (Å²) in [6.07, 6.45) is 4.96. The van der Waals surface area contributed by atoms with Crippen molar-refractivity contribution in [1.82, 2.24) is 5.32 Å². The summed E-state index contributed by atoms with van der Waals surface area (Å²) in [5, 5.41) is 6.36. The molecule has 1 atom stereocenters. The number of aryl methyl sites for hydroxylation is 1. The zero-order chi connectivity index (χ0) is 14.8. The predicted molar refractivity (Wildman–Crippen MR) is 81.9 cm³/mol. The fourth-order valence-electron chi connectivity index (χ4n) is 2.97. The summed E-state index contributed by atoms with van der Waals surface area (Å²) in [5.74, 6) is -0.231. The topological polar surface area (TPSA) is 67.4 Å². The molecule has 1 saturated heterocycles. The van der Waals surface area contributed by atoms with Crippen molar-refractivity contribution in [3.8, 4) is 0 Å². The van der Waals surface area contributed by atoms with Gasteiger partial charge in [-0.1, -0.05) is 0 Å². The Bertz CT molecular complexity index is 562. The average molecular weight is 308 g/mol. The van der Waals surface area contributed by atoms with E-state index in [1.165, 1.54) is 4.88 Å². The molecule has 2 aliphatic rings. The molecule has 1 aromatic rings. The molecule has 114 valence electrons. The summed E-state index contributed by atoms with van der Waals surface area (Å²) in [5.41, 5.74) is 1.80. The Morgan fingerprint density at radius 1 is 1.29 bits per heavy atom. The molecule has 2 N–H and O–H groups in total. The summed E-state index contributed by atoms with van der Waals surface area (Å²) >= 11 is 1.56. The standard InChI is InChI=1S/C15H20N2O3S/c1-16-14(19)12-10-4-2-3-5-11(10)21-15(12)17-13(18)9-6-7-20-8-9/h9H,2-8H2,1H3,(H,16,19)(H,17,18)/t9-/m1/s1. The number of hydrogen-bond donors (Lipinski definition) is 2. The number of nitrogens with one attached hydrogen (secondary N) is 2. The van der Waals surface area contributed by atoms with E-state index in [1.807, 2.05) is 0 Å². The number of anilines is 1. The molecule has 0 bridgehead atoms. The third kappa shape index (κ3) is 2.82. The van der Waals surface area contributed by atoms with Crippen LogP contribution in [0.3, 0.4) is 0 Å². The van der Waals surface area contributed by atoms with E-state index in [0.29, 0.717) is 23.8 Å². The van der Waals surface area contributed by atoms with E-state index in [0.717, 1.165) is 37.7 Å². The molecule has 0 radical (unpaired) electrons. The molecule has 0 spiro atoms. The number of ether oxygens (including phenoxy) is 1. The van der Waals surface area contributed by atoms with Crippen molar-refractivity contribution in [1.29, 1.82) is 0 Å². The Kier molecular flexibility index (Phi) is 4.26. The van der Waals surface area contributed by atoms with Crippen LogP contribution in [0.25, 0.3) is 0 Å². The Labute approximate surface area is 128 Å². The molecular formula is C15H20N2O3S. The smallest absolute Gasteiger partial charge is 0.254 e. The summed E-state index contributed by atoms with van der Waals surface area (Å²) in [6.45, 7) is 1.12. The van der Waals surface area contributed by atoms with E-state index >= 15 is 0 Å². The summed E-state index contributed by atoms with van der Waals surface area (Å²) < 4.78 is 5.26. The molecule has 1 fully saturated rings. The molecule has 1 aromatic heterocycles. The lowest BCUT2D eigenvalue weighted by atomic mass is 9.95. The van der Waals surface area contributed by atoms with Crippen LogP contribution in [-0.2, 0) is 22.4 Å². The summed E-state index contributed by atoms with van der Waals surface area (Å²) in [6, 6.07) is 0. The zero-order valence-corrected chi connectivity index (χ0v) is 13.0. The fourth-order valence-corrected chi connectivity index (χ4v) is 4.26. The molecule has 0 aromatic carbocycles. The maximum atomic E-state index is 12.3. The molecule has 3 rings (SSSR count). The first kappa shape index (κ1) is 14.5. The molecule has 2 heterocycles. The van der Waals surface area contributed by atoms with Crippen molar-refractivity contribution in [2.75, 3.05) is 25.6 Å². The predicted octanol–water partition coefficient (Wildman–Crippen LogP) is 1.96. The monoisotopic (exact) mass is 308 g/mol. The average Bonchev–Trinajstić information content (AvgIpc) is 3.13. The highest BCUT2D eigenvalue weighted by atomic mass is 32.1. The van der Waals surface area contributed by atoms with Crippen molar-refractivity contribution in [3.05, 3.63) is 16.0 Å². The Balaban J connectivity index is 1.88. The molecule has 2 amide bonds. The second kappa shape index (κ2) is 6.15. The molecule has 0 unspecified atom stereocenters. The Morgan fingerprint density at radius 2 is 2.10 bits per heavy atom. The minimum atomic E-state index is -0.104. The summed E-state index contributed by atoms with van der Waals surface area (Å²) in [7, 11) is 1.63. The van der Waals surface area contributed by atoms with E-state index in [1.54, 1.807) is 18.4 Å². The first-order valence-electron chi connectivity index (χ1n) is 7.46. The van der Waals surface area contributed by atoms with Crippen molar-refractivity contribution in [2.24, 2.45) is 5.92 Å². The third-order valence-electron chi connectivity index (χ3n) is 4.16. The second-order valence-electron chi connectivity index (χ2n) is 5.54. The van der Waals surface area contributed by atoms with Crippen molar-refractivity contribution in [3.63, 3.8) is 0 Å². The van der Waals surface area contributed by atoms with Crippen LogP contribution in [0.4, 0.5) is 5.00 Å². The maximum absolute atomic E-state index is 12.3. The van der Waals surface area contributed by atoms with Crippen molar-refractivity contribution >= 4 is 28.2 Å². The van der Waals surface area contributed by atoms with Gasteiger partial charge in [0.25, 0.3) is 5.91 Å². The Hall–Kier alpha value is -1.40. The third-order valence-corrected chi connectivity index (χ3v) is 5.37. The van der Waals surface area contributed by atoms with Gasteiger partial charge >= 0.3 is 0 Å². The zero-order valence-electron chi connectivity index (χ0n) is 12.2. The van der Waals surface area contributed by atoms with Crippen LogP contribution >= 0.6 is 11.3 Å². The van der Waals surface area contributed by atoms with E-state index < -0.39 is 0 Å². The fraction of sp³-hybridized carbons (Fsp3) is 0.600. The van der Waals surface area contributed by atoms with E-state index in [4.69, 9.17) is 4.74 Å². The Morgan fingerprint density at radius 3 is 2.81 bits per heavy atom. The van der Waals surface area contributed by atoms with Crippen LogP contribution in [0.1, 0.15) is 40.1 Å². The quantitative estimate of drug-likeness (QED) is 0.897. The maximum Gasteiger partial charge on any atom is 0.254 e. The number of thiophene rings is 1. The van der Waals surface area contributed by atoms with Gasteiger partial charge < -0.3 is 15.4 Å². The van der Waals surface area contributed by atoms with Gasteiger partial charge in [0.05, 0.1) is 18.1 Å². The molecular weight excluding hydrogens is 288 g/mol. The number of carbonyl (C=O) groups is 2. The van der Waals surface area contributed by atoms with Gasteiger partial charge in [0.2, 0.25) is 5.91 Å². The SMILES string of the molecule is CNC(=O)c1c(NC(=O)[C@@H]2CCOC2)sc2c1CCCC2. The largest absolute Gasteiger partial charge is 0.381 e. The lowest BCUT2D eigenvalue weighted by Gasteiger charge is -2.12. The van der Waals surface area contributed by atoms with Crippen molar-refractivity contribution in [2.45, 2.75) is 32.1 Å². The van der Waals surface area contributed by atoms with Gasteiger partial charge in [-0.25, -0.2) is 0 Å². The lowest BCUT2D eigenvalue weighted by Crippen LogP contribution is -2.25. The summed E-state index contributed by atoms with van der Waals surface area (Å²) in [4.78, 5) is 25.7. The van der Waals surface area contributed by atoms with Crippen LogP contribution in [0.5, 0.6) is 0 Å². The van der Waals surface area contributed by atoms with E-state index in [9.17, 15) is 9.59 Å². The van der Waals surface area contributed by atoms with Crippen molar-refractivity contribution < 1.29 is 14.3 Å². The first-order chi connectivity index (χ1) is 10.2. The molecule has 21 heavy (non-hydrogen) atoms. The van der Waals surface area contributed by atoms with Crippen LogP contribution in [0.2, 0.25) is 0 Å². The van der Waals surface area contributed by atoms with Crippen LogP contribution < -0.4 is 10.6 Å². The molecule has 1 aliphatic heterocycles. The van der Waals surface area contributed by atoms with Gasteiger partial charge in [0.15, 0.2) is 0 Å². The van der Waals surface area contributed by atoms with Gasteiger partial charge in [0, 0.05) is 18.5 Å². The highest BCUT2D eigenvalue weighted by molar-refractivity contribution is 7.17. The molecule has 0 saturated carbocycles. The van der Waals surface area contributed by atoms with Crippen LogP contribution in [-0.4, -0.2) is 32.1 Å². The normalized spacial score (nSPS) is 20.9. The number of amides is 2. The van der Waals surface area contributed by atoms with Gasteiger partial charge in [-0.15, -0.1) is 11.3 Å². The molecule has 5 nitrogen and oxygen atoms in total. The van der Waals surface area contributed by atoms with Gasteiger partial charge in [0.1, 0.15) is 5.00 Å². The minimum absolute atomic E-state index is 0.0312. The number of fused-ring (bicyclic) bond motifs is 1. The number of carbonyl (C=O) groups excluding carboxylic acids is 2. The highest BCUT2D eigenvalue weighted by Crippen LogP contribution is 2.38. The van der Waals surface area contributed by atoms with E-state index in [2.05, 4.69) is 10.6 Å². The van der Waals surface area contributed by atoms with Gasteiger partial charge in [-0.3, -0.25) is 9.59 Å². The minimum Gasteiger partial charge on any atom is -0.381 e. The first-order valence-corrected chi connectivity index (χ1v) is 8.27. The number of rotatable bonds is 3. The van der Waals surface area contributed by atoms with Crippen LogP contribution in [0, 0.1) is 5.92 Å². The van der Waals surface area contributed by atoms with E-state index in [-0.39, 0.29) is 17.7 Å². The number of hydrogen-bond acceptors (Lipinski definition) is 4. The highest BCUT2D eigenvalue weighted by Gasteiger charge is 2.29. The second-order valence-corrected chi connectivity index (χ2v) is 6.65.